The molecule has 0 amide bonds. The summed E-state index contributed by atoms with van der Waals surface area (Å²) in [6.07, 6.45) is 1.34. The monoisotopic (exact) mass is 470 g/mol. The van der Waals surface area contributed by atoms with Gasteiger partial charge in [0.15, 0.2) is 11.8 Å². The first-order valence-corrected chi connectivity index (χ1v) is 8.73. The number of halogens is 1. The number of likely N-dealkylation sites (tertiary alicyclic amines) is 1. The number of piperidine rings is 1. The Morgan fingerprint density at radius 2 is 1.92 bits per heavy atom. The molecule has 0 aliphatic carbocycles. The van der Waals surface area contributed by atoms with Crippen LogP contribution in [0.25, 0.3) is 0 Å². The van der Waals surface area contributed by atoms with E-state index in [4.69, 9.17) is 4.99 Å². The lowest BCUT2D eigenvalue weighted by Crippen LogP contribution is -2.46. The minimum absolute atomic E-state index is 0. The van der Waals surface area contributed by atoms with Gasteiger partial charge in [0.1, 0.15) is 5.82 Å². The van der Waals surface area contributed by atoms with E-state index in [0.29, 0.717) is 13.1 Å². The summed E-state index contributed by atoms with van der Waals surface area (Å²) >= 11 is 0. The highest BCUT2D eigenvalue weighted by molar-refractivity contribution is 14.0. The highest BCUT2D eigenvalue weighted by atomic mass is 127. The van der Waals surface area contributed by atoms with Gasteiger partial charge in [-0.05, 0) is 25.3 Å². The van der Waals surface area contributed by atoms with Crippen molar-refractivity contribution in [1.82, 2.24) is 25.0 Å². The van der Waals surface area contributed by atoms with Crippen LogP contribution in [0.1, 0.15) is 30.1 Å². The van der Waals surface area contributed by atoms with Crippen molar-refractivity contribution in [2.75, 3.05) is 13.1 Å². The molecule has 0 bridgehead atoms. The van der Waals surface area contributed by atoms with Crippen LogP contribution in [0.4, 0.5) is 0 Å². The van der Waals surface area contributed by atoms with Gasteiger partial charge in [0, 0.05) is 20.1 Å². The molecule has 0 radical (unpaired) electrons. The lowest BCUT2D eigenvalue weighted by atomic mass is 10.1. The van der Waals surface area contributed by atoms with E-state index in [0.717, 1.165) is 43.5 Å². The van der Waals surface area contributed by atoms with Crippen molar-refractivity contribution in [3.8, 4) is 0 Å². The fourth-order valence-electron chi connectivity index (χ4n) is 2.86. The van der Waals surface area contributed by atoms with Gasteiger partial charge in [-0.25, -0.2) is 4.99 Å². The summed E-state index contributed by atoms with van der Waals surface area (Å²) in [6, 6.07) is 10.2. The summed E-state index contributed by atoms with van der Waals surface area (Å²) in [6.45, 7) is 4.75. The molecule has 0 saturated carbocycles. The molecule has 1 aliphatic heterocycles. The summed E-state index contributed by atoms with van der Waals surface area (Å²) in [5, 5.41) is 21.5. The van der Waals surface area contributed by atoms with E-state index in [9.17, 15) is 5.11 Å². The fourth-order valence-corrected chi connectivity index (χ4v) is 2.86. The average molecular weight is 470 g/mol. The maximum atomic E-state index is 9.76. The van der Waals surface area contributed by atoms with Crippen LogP contribution in [-0.4, -0.2) is 49.9 Å². The molecule has 7 nitrogen and oxygen atoms in total. The van der Waals surface area contributed by atoms with Crippen LogP contribution in [0, 0.1) is 6.92 Å². The number of hydrogen-bond acceptors (Lipinski definition) is 4. The minimum Gasteiger partial charge on any atom is -0.393 e. The lowest BCUT2D eigenvalue weighted by molar-refractivity contribution is 0.108. The number of aromatic nitrogens is 3. The Hall–Kier alpha value is -1.68. The largest absolute Gasteiger partial charge is 0.393 e. The van der Waals surface area contributed by atoms with Crippen LogP contribution in [0.2, 0.25) is 0 Å². The molecule has 1 aromatic carbocycles. The molecule has 2 heterocycles. The van der Waals surface area contributed by atoms with E-state index < -0.39 is 0 Å². The van der Waals surface area contributed by atoms with Gasteiger partial charge >= 0.3 is 0 Å². The summed E-state index contributed by atoms with van der Waals surface area (Å²) in [4.78, 5) is 6.99. The number of aliphatic imine (C=N–C) groups is 1. The van der Waals surface area contributed by atoms with Crippen molar-refractivity contribution in [1.29, 1.82) is 0 Å². The van der Waals surface area contributed by atoms with Gasteiger partial charge < -0.3 is 19.9 Å². The predicted octanol–water partition coefficient (Wildman–Crippen LogP) is 1.84. The molecule has 2 N–H and O–H groups in total. The zero-order valence-corrected chi connectivity index (χ0v) is 17.6. The van der Waals surface area contributed by atoms with Crippen LogP contribution in [0.3, 0.4) is 0 Å². The van der Waals surface area contributed by atoms with E-state index in [-0.39, 0.29) is 30.1 Å². The molecule has 1 aromatic heterocycles. The van der Waals surface area contributed by atoms with Gasteiger partial charge in [-0.1, -0.05) is 30.3 Å². The highest BCUT2D eigenvalue weighted by Gasteiger charge is 2.20. The van der Waals surface area contributed by atoms with Crippen LogP contribution >= 0.6 is 24.0 Å². The molecule has 1 saturated heterocycles. The van der Waals surface area contributed by atoms with Crippen LogP contribution in [0.15, 0.2) is 35.3 Å². The summed E-state index contributed by atoms with van der Waals surface area (Å²) in [5.41, 5.74) is 1.17. The first-order valence-electron chi connectivity index (χ1n) is 8.73. The fraction of sp³-hybridized carbons (Fsp3) is 0.500. The second-order valence-electron chi connectivity index (χ2n) is 6.42. The number of guanidine groups is 1. The van der Waals surface area contributed by atoms with Crippen molar-refractivity contribution in [3.05, 3.63) is 47.5 Å². The molecular weight excluding hydrogens is 443 g/mol. The number of nitrogens with zero attached hydrogens (tertiary/aromatic N) is 5. The number of aliphatic hydroxyl groups excluding tert-OH is 1. The Bertz CT molecular complexity index is 710. The van der Waals surface area contributed by atoms with Crippen LogP contribution in [-0.2, 0) is 20.1 Å². The van der Waals surface area contributed by atoms with Crippen molar-refractivity contribution in [2.45, 2.75) is 39.0 Å². The maximum Gasteiger partial charge on any atom is 0.194 e. The lowest BCUT2D eigenvalue weighted by Gasteiger charge is -2.32. The smallest absolute Gasteiger partial charge is 0.194 e. The maximum absolute atomic E-state index is 9.76. The zero-order chi connectivity index (χ0) is 17.6. The third-order valence-corrected chi connectivity index (χ3v) is 4.61. The quantitative estimate of drug-likeness (QED) is 0.405. The first kappa shape index (κ1) is 20.6. The predicted molar refractivity (Wildman–Crippen MR) is 112 cm³/mol. The number of nitrogens with one attached hydrogen (secondary N) is 1. The van der Waals surface area contributed by atoms with Crippen molar-refractivity contribution in [2.24, 2.45) is 12.0 Å². The molecule has 1 fully saturated rings. The van der Waals surface area contributed by atoms with Gasteiger partial charge in [-0.15, -0.1) is 34.2 Å². The van der Waals surface area contributed by atoms with Gasteiger partial charge in [-0.2, -0.15) is 0 Å². The topological polar surface area (TPSA) is 78.6 Å². The number of aryl methyl sites for hydroxylation is 1. The molecule has 2 aromatic rings. The van der Waals surface area contributed by atoms with Crippen molar-refractivity contribution in [3.63, 3.8) is 0 Å². The number of hydrogen-bond donors (Lipinski definition) is 2. The number of aliphatic hydroxyl groups is 1. The van der Waals surface area contributed by atoms with E-state index in [1.807, 2.05) is 36.7 Å². The van der Waals surface area contributed by atoms with Crippen LogP contribution < -0.4 is 5.32 Å². The second-order valence-corrected chi connectivity index (χ2v) is 6.42. The molecular formula is C18H27IN6O. The summed E-state index contributed by atoms with van der Waals surface area (Å²) < 4.78 is 1.97. The molecule has 142 valence electrons. The molecule has 8 heteroatoms. The number of benzene rings is 1. The zero-order valence-electron chi connectivity index (χ0n) is 15.3. The SMILES string of the molecule is Cc1nnc(CNC(=NCc2ccccc2)N2CCC(O)CC2)n1C.I. The Balaban J connectivity index is 0.00000243. The molecule has 1 aliphatic rings. The van der Waals surface area contributed by atoms with E-state index in [1.54, 1.807) is 0 Å². The summed E-state index contributed by atoms with van der Waals surface area (Å²) in [7, 11) is 1.96. The molecule has 3 rings (SSSR count). The van der Waals surface area contributed by atoms with Gasteiger partial charge in [0.25, 0.3) is 0 Å². The normalized spacial score (nSPS) is 15.7. The average Bonchev–Trinajstić information content (AvgIpc) is 2.96. The molecule has 26 heavy (non-hydrogen) atoms. The van der Waals surface area contributed by atoms with E-state index in [1.165, 1.54) is 5.56 Å². The van der Waals surface area contributed by atoms with E-state index >= 15 is 0 Å². The third kappa shape index (κ3) is 5.41. The first-order chi connectivity index (χ1) is 12.1. The third-order valence-electron chi connectivity index (χ3n) is 4.61. The standard InChI is InChI=1S/C18H26N6O.HI/c1-14-21-22-17(23(14)2)13-20-18(24-10-8-16(25)9-11-24)19-12-15-6-4-3-5-7-15;/h3-7,16,25H,8-13H2,1-2H3,(H,19,20);1H. The summed E-state index contributed by atoms with van der Waals surface area (Å²) in [5.74, 6) is 2.62. The molecule has 0 spiro atoms. The Labute approximate surface area is 171 Å². The van der Waals surface area contributed by atoms with Crippen molar-refractivity contribution >= 4 is 29.9 Å². The highest BCUT2D eigenvalue weighted by Crippen LogP contribution is 2.11. The van der Waals surface area contributed by atoms with Gasteiger partial charge in [0.05, 0.1) is 19.2 Å². The minimum atomic E-state index is -0.201. The Morgan fingerprint density at radius 1 is 1.23 bits per heavy atom. The van der Waals surface area contributed by atoms with E-state index in [2.05, 4.69) is 32.5 Å². The second kappa shape index (κ2) is 9.86. The van der Waals surface area contributed by atoms with Crippen molar-refractivity contribution < 1.29 is 5.11 Å². The van der Waals surface area contributed by atoms with Gasteiger partial charge in [-0.3, -0.25) is 0 Å². The number of rotatable bonds is 4. The molecule has 0 unspecified atom stereocenters. The molecule has 0 atom stereocenters. The Morgan fingerprint density at radius 3 is 2.54 bits per heavy atom. The van der Waals surface area contributed by atoms with Gasteiger partial charge in [0.2, 0.25) is 0 Å². The Kier molecular flexibility index (Phi) is 7.83. The van der Waals surface area contributed by atoms with Crippen LogP contribution in [0.5, 0.6) is 0 Å².